The Morgan fingerprint density at radius 1 is 0.804 bits per heavy atom. The predicted molar refractivity (Wildman–Crippen MR) is 169 cm³/mol. The Balaban J connectivity index is 2.38. The van der Waals surface area contributed by atoms with E-state index in [-0.39, 0.29) is 19.0 Å². The zero-order valence-corrected chi connectivity index (χ0v) is 29.4. The average molecular weight is 660 g/mol. The Morgan fingerprint density at radius 2 is 1.30 bits per heavy atom. The molecule has 1 saturated carbocycles. The van der Waals surface area contributed by atoms with Crippen LogP contribution in [0.15, 0.2) is 0 Å². The van der Waals surface area contributed by atoms with Crippen LogP contribution in [0.3, 0.4) is 0 Å². The summed E-state index contributed by atoms with van der Waals surface area (Å²) in [6.07, 6.45) is -4.40. The number of aliphatic hydroxyl groups is 1. The molecule has 15 nitrogen and oxygen atoms in total. The van der Waals surface area contributed by atoms with Crippen LogP contribution in [0.5, 0.6) is 0 Å². The van der Waals surface area contributed by atoms with Crippen molar-refractivity contribution in [2.75, 3.05) is 27.2 Å². The molecule has 0 spiro atoms. The molecule has 15 heteroatoms. The molecule has 0 aromatic heterocycles. The fourth-order valence-electron chi connectivity index (χ4n) is 5.27. The van der Waals surface area contributed by atoms with Crippen LogP contribution in [0, 0.1) is 0 Å². The van der Waals surface area contributed by atoms with E-state index < -0.39 is 77.8 Å². The molecule has 1 aliphatic carbocycles. The monoisotopic (exact) mass is 659 g/mol. The van der Waals surface area contributed by atoms with Crippen LogP contribution in [0.25, 0.3) is 0 Å². The first-order valence-electron chi connectivity index (χ1n) is 15.9. The topological polar surface area (TPSA) is 191 Å². The number of rotatable bonds is 8. The van der Waals surface area contributed by atoms with Gasteiger partial charge in [0.05, 0.1) is 30.8 Å². The smallest absolute Gasteiger partial charge is 0.410 e. The van der Waals surface area contributed by atoms with Gasteiger partial charge < -0.3 is 55.0 Å². The van der Waals surface area contributed by atoms with Crippen molar-refractivity contribution in [1.29, 1.82) is 0 Å². The van der Waals surface area contributed by atoms with Gasteiger partial charge in [-0.25, -0.2) is 14.4 Å². The molecule has 2 aliphatic rings. The summed E-state index contributed by atoms with van der Waals surface area (Å²) in [5.74, 6) is -0.370. The van der Waals surface area contributed by atoms with E-state index in [0.717, 1.165) is 0 Å². The number of hydrogen-bond acceptors (Lipinski definition) is 11. The van der Waals surface area contributed by atoms with Gasteiger partial charge in [0, 0.05) is 20.6 Å². The van der Waals surface area contributed by atoms with Crippen LogP contribution in [-0.4, -0.2) is 126 Å². The number of alkyl carbamates (subject to hydrolysis) is 2. The molecule has 0 aromatic carbocycles. The fraction of sp³-hybridized carbons (Fsp3) is 0.871. The summed E-state index contributed by atoms with van der Waals surface area (Å²) in [4.78, 5) is 53.5. The minimum absolute atomic E-state index is 0.164. The van der Waals surface area contributed by atoms with E-state index in [9.17, 15) is 24.3 Å². The minimum atomic E-state index is -1.27. The minimum Gasteiger partial charge on any atom is -0.444 e. The molecular weight excluding hydrogens is 602 g/mol. The number of carbonyl (C=O) groups is 4. The van der Waals surface area contributed by atoms with Crippen LogP contribution < -0.4 is 16.4 Å². The molecule has 266 valence electrons. The summed E-state index contributed by atoms with van der Waals surface area (Å²) in [6, 6.07) is -2.12. The van der Waals surface area contributed by atoms with Gasteiger partial charge in [0.15, 0.2) is 6.29 Å². The van der Waals surface area contributed by atoms with Crippen molar-refractivity contribution in [2.24, 2.45) is 5.73 Å². The second-order valence-corrected chi connectivity index (χ2v) is 15.0. The Labute approximate surface area is 273 Å². The molecule has 46 heavy (non-hydrogen) atoms. The van der Waals surface area contributed by atoms with Gasteiger partial charge in [0.2, 0.25) is 5.91 Å². The third-order valence-corrected chi connectivity index (χ3v) is 7.30. The van der Waals surface area contributed by atoms with Gasteiger partial charge in [0.1, 0.15) is 29.0 Å². The molecule has 7 atom stereocenters. The second-order valence-electron chi connectivity index (χ2n) is 15.0. The highest BCUT2D eigenvalue weighted by molar-refractivity contribution is 5.78. The number of hydrogen-bond donors (Lipinski definition) is 4. The zero-order valence-electron chi connectivity index (χ0n) is 29.4. The zero-order chi connectivity index (χ0) is 35.2. The van der Waals surface area contributed by atoms with E-state index in [1.54, 1.807) is 76.4 Å². The summed E-state index contributed by atoms with van der Waals surface area (Å²) in [7, 11) is 3.15. The van der Waals surface area contributed by atoms with Crippen LogP contribution >= 0.6 is 0 Å². The van der Waals surface area contributed by atoms with Crippen molar-refractivity contribution < 1.29 is 48.0 Å². The molecule has 5 N–H and O–H groups in total. The van der Waals surface area contributed by atoms with Crippen molar-refractivity contribution in [2.45, 2.75) is 148 Å². The van der Waals surface area contributed by atoms with Crippen molar-refractivity contribution in [3.8, 4) is 0 Å². The first-order chi connectivity index (χ1) is 21.0. The van der Waals surface area contributed by atoms with Crippen LogP contribution in [0.2, 0.25) is 0 Å². The highest BCUT2D eigenvalue weighted by Crippen LogP contribution is 2.31. The number of likely N-dealkylation sites (N-methyl/N-ethyl adjacent to an activating group) is 2. The van der Waals surface area contributed by atoms with Crippen molar-refractivity contribution in [3.05, 3.63) is 0 Å². The largest absolute Gasteiger partial charge is 0.444 e. The van der Waals surface area contributed by atoms with Gasteiger partial charge >= 0.3 is 18.3 Å². The molecule has 1 aliphatic heterocycles. The lowest BCUT2D eigenvalue weighted by atomic mass is 9.84. The Hall–Kier alpha value is -2.88. The van der Waals surface area contributed by atoms with Crippen molar-refractivity contribution in [1.82, 2.24) is 20.4 Å². The number of carbonyl (C=O) groups excluding carboxylic acids is 4. The summed E-state index contributed by atoms with van der Waals surface area (Å²) < 4.78 is 29.2. The molecule has 0 unspecified atom stereocenters. The van der Waals surface area contributed by atoms with E-state index in [1.165, 1.54) is 9.80 Å². The Morgan fingerprint density at radius 3 is 1.80 bits per heavy atom. The van der Waals surface area contributed by atoms with Gasteiger partial charge in [-0.1, -0.05) is 0 Å². The standard InChI is InChI=1S/C31H57N5O10/c1-29(2,3)44-26(39)33-19-14-15-21(36(11)22(37)16-32)23(38)24(19)43-25-20(34-27(40)45-30(4,5)6)13-12-18(42-25)17-35(10)28(41)46-31(7,8)9/h18-21,23-25,38H,12-17,32H2,1-11H3,(H,33,39)(H,34,40)/t18-,19+,20+,21+,23+,24+,25+/m0/s1. The van der Waals surface area contributed by atoms with Crippen LogP contribution in [0.1, 0.15) is 88.0 Å². The first kappa shape index (κ1) is 39.3. The van der Waals surface area contributed by atoms with Crippen molar-refractivity contribution in [3.63, 3.8) is 0 Å². The Kier molecular flexibility index (Phi) is 13.5. The molecule has 0 bridgehead atoms. The lowest BCUT2D eigenvalue weighted by molar-refractivity contribution is -0.254. The number of nitrogens with zero attached hydrogens (tertiary/aromatic N) is 2. The molecule has 1 heterocycles. The number of nitrogens with two attached hydrogens (primary N) is 1. The normalized spacial score (nSPS) is 27.2. The van der Waals surface area contributed by atoms with Gasteiger partial charge in [-0.2, -0.15) is 0 Å². The Bertz CT molecular complexity index is 1050. The summed E-state index contributed by atoms with van der Waals surface area (Å²) in [5, 5.41) is 17.2. The molecule has 0 radical (unpaired) electrons. The molecule has 2 rings (SSSR count). The average Bonchev–Trinajstić information content (AvgIpc) is 2.88. The number of amides is 4. The van der Waals surface area contributed by atoms with E-state index in [1.807, 2.05) is 0 Å². The van der Waals surface area contributed by atoms with Gasteiger partial charge in [0.25, 0.3) is 0 Å². The number of ether oxygens (including phenoxy) is 5. The van der Waals surface area contributed by atoms with Crippen LogP contribution in [-0.2, 0) is 28.5 Å². The lowest BCUT2D eigenvalue weighted by Gasteiger charge is -2.46. The van der Waals surface area contributed by atoms with Gasteiger partial charge in [-0.05, 0) is 88.0 Å². The third-order valence-electron chi connectivity index (χ3n) is 7.30. The maximum Gasteiger partial charge on any atom is 0.410 e. The lowest BCUT2D eigenvalue weighted by Crippen LogP contribution is -2.64. The van der Waals surface area contributed by atoms with E-state index >= 15 is 0 Å². The van der Waals surface area contributed by atoms with E-state index in [0.29, 0.717) is 25.7 Å². The summed E-state index contributed by atoms with van der Waals surface area (Å²) >= 11 is 0. The SMILES string of the molecule is CN(C[C@@H]1CC[C@@H](NC(=O)OC(C)(C)C)[C@@H](O[C@H]2[C@H](O)[C@H](N(C)C(=O)CN)CC[C@H]2NC(=O)OC(C)(C)C)O1)C(=O)OC(C)(C)C. The van der Waals surface area contributed by atoms with Gasteiger partial charge in [-0.15, -0.1) is 0 Å². The molecular formula is C31H57N5O10. The first-order valence-corrected chi connectivity index (χ1v) is 15.9. The van der Waals surface area contributed by atoms with E-state index in [4.69, 9.17) is 29.4 Å². The van der Waals surface area contributed by atoms with Crippen LogP contribution in [0.4, 0.5) is 14.4 Å². The molecule has 4 amide bonds. The highest BCUT2D eigenvalue weighted by Gasteiger charge is 2.46. The number of aliphatic hydroxyl groups excluding tert-OH is 1. The molecule has 0 aromatic rings. The summed E-state index contributed by atoms with van der Waals surface area (Å²) in [5.41, 5.74) is 3.38. The predicted octanol–water partition coefficient (Wildman–Crippen LogP) is 2.47. The third kappa shape index (κ3) is 12.7. The number of nitrogens with one attached hydrogen (secondary N) is 2. The maximum atomic E-state index is 12.8. The second kappa shape index (κ2) is 15.8. The summed E-state index contributed by atoms with van der Waals surface area (Å²) in [6.45, 7) is 15.7. The molecule has 1 saturated heterocycles. The van der Waals surface area contributed by atoms with Gasteiger partial charge in [-0.3, -0.25) is 4.79 Å². The van der Waals surface area contributed by atoms with E-state index in [2.05, 4.69) is 10.6 Å². The highest BCUT2D eigenvalue weighted by atomic mass is 16.7. The maximum absolute atomic E-state index is 12.8. The fourth-order valence-corrected chi connectivity index (χ4v) is 5.27. The van der Waals surface area contributed by atoms with Crippen molar-refractivity contribution >= 4 is 24.2 Å². The quantitative estimate of drug-likeness (QED) is 0.280. The molecule has 2 fully saturated rings.